The molecular formula is C29H39F2N3S. The summed E-state index contributed by atoms with van der Waals surface area (Å²) in [6, 6.07) is 19.4. The molecule has 0 aliphatic carbocycles. The first-order chi connectivity index (χ1) is 16.9. The van der Waals surface area contributed by atoms with E-state index in [0.29, 0.717) is 6.54 Å². The third-order valence-corrected chi connectivity index (χ3v) is 6.48. The van der Waals surface area contributed by atoms with Crippen LogP contribution in [0.1, 0.15) is 42.5 Å². The van der Waals surface area contributed by atoms with Crippen molar-refractivity contribution in [3.8, 4) is 0 Å². The molecule has 3 aromatic rings. The smallest absolute Gasteiger partial charge is 0.123 e. The lowest BCUT2D eigenvalue weighted by molar-refractivity contribution is 0.612. The molecule has 0 fully saturated rings. The fourth-order valence-corrected chi connectivity index (χ4v) is 3.45. The van der Waals surface area contributed by atoms with Gasteiger partial charge in [0, 0.05) is 18.8 Å². The molecule has 3 rings (SSSR count). The number of nitrogens with two attached hydrogens (primary N) is 1. The molecule has 0 bridgehead atoms. The maximum atomic E-state index is 13.7. The summed E-state index contributed by atoms with van der Waals surface area (Å²) in [5, 5.41) is 7.63. The first-order valence-corrected chi connectivity index (χ1v) is 13.5. The minimum Gasteiger partial charge on any atom is -0.399 e. The predicted octanol–water partition coefficient (Wildman–Crippen LogP) is 6.36. The van der Waals surface area contributed by atoms with Gasteiger partial charge >= 0.3 is 0 Å². The SMILES string of the molecule is CSC(C)C.Nc1cccc(CNCCCc2cc(F)ccc2CNCCc2ccc(F)cc2)c1. The Morgan fingerprint density at radius 2 is 1.46 bits per heavy atom. The molecule has 190 valence electrons. The van der Waals surface area contributed by atoms with Gasteiger partial charge < -0.3 is 16.4 Å². The highest BCUT2D eigenvalue weighted by molar-refractivity contribution is 7.99. The van der Waals surface area contributed by atoms with Crippen LogP contribution in [0.25, 0.3) is 0 Å². The van der Waals surface area contributed by atoms with Gasteiger partial charge in [0.2, 0.25) is 0 Å². The number of hydrogen-bond donors (Lipinski definition) is 3. The average molecular weight is 500 g/mol. The van der Waals surface area contributed by atoms with E-state index < -0.39 is 0 Å². The van der Waals surface area contributed by atoms with Gasteiger partial charge in [0.1, 0.15) is 11.6 Å². The topological polar surface area (TPSA) is 50.1 Å². The molecule has 3 nitrogen and oxygen atoms in total. The summed E-state index contributed by atoms with van der Waals surface area (Å²) in [6.07, 6.45) is 4.68. The molecule has 0 saturated carbocycles. The molecule has 0 aliphatic heterocycles. The van der Waals surface area contributed by atoms with Crippen LogP contribution in [-0.2, 0) is 25.9 Å². The van der Waals surface area contributed by atoms with E-state index in [2.05, 4.69) is 30.7 Å². The molecule has 35 heavy (non-hydrogen) atoms. The number of nitrogen functional groups attached to an aromatic ring is 1. The number of rotatable bonds is 12. The molecule has 0 radical (unpaired) electrons. The third-order valence-electron chi connectivity index (χ3n) is 5.54. The molecule has 0 spiro atoms. The Morgan fingerprint density at radius 1 is 0.771 bits per heavy atom. The Kier molecular flexibility index (Phi) is 13.4. The van der Waals surface area contributed by atoms with Crippen molar-refractivity contribution in [2.75, 3.05) is 25.1 Å². The van der Waals surface area contributed by atoms with Crippen molar-refractivity contribution in [1.82, 2.24) is 10.6 Å². The average Bonchev–Trinajstić information content (AvgIpc) is 2.84. The van der Waals surface area contributed by atoms with Crippen LogP contribution in [0, 0.1) is 11.6 Å². The van der Waals surface area contributed by atoms with Crippen LogP contribution in [-0.4, -0.2) is 24.6 Å². The van der Waals surface area contributed by atoms with E-state index in [9.17, 15) is 8.78 Å². The van der Waals surface area contributed by atoms with Crippen molar-refractivity contribution in [2.45, 2.75) is 51.4 Å². The van der Waals surface area contributed by atoms with Gasteiger partial charge in [0.05, 0.1) is 0 Å². The van der Waals surface area contributed by atoms with E-state index in [1.807, 2.05) is 42.1 Å². The Morgan fingerprint density at radius 3 is 2.14 bits per heavy atom. The zero-order chi connectivity index (χ0) is 25.5. The minimum absolute atomic E-state index is 0.201. The van der Waals surface area contributed by atoms with Crippen LogP contribution in [0.4, 0.5) is 14.5 Å². The Balaban J connectivity index is 0.000000784. The van der Waals surface area contributed by atoms with Crippen molar-refractivity contribution in [3.63, 3.8) is 0 Å². The third kappa shape index (κ3) is 12.2. The minimum atomic E-state index is -0.218. The maximum Gasteiger partial charge on any atom is 0.123 e. The van der Waals surface area contributed by atoms with Gasteiger partial charge in [0.25, 0.3) is 0 Å². The number of benzene rings is 3. The molecular weight excluding hydrogens is 460 g/mol. The largest absolute Gasteiger partial charge is 0.399 e. The van der Waals surface area contributed by atoms with E-state index in [-0.39, 0.29) is 11.6 Å². The molecule has 0 heterocycles. The summed E-state index contributed by atoms with van der Waals surface area (Å²) in [4.78, 5) is 0. The number of hydrogen-bond acceptors (Lipinski definition) is 4. The zero-order valence-electron chi connectivity index (χ0n) is 21.1. The summed E-state index contributed by atoms with van der Waals surface area (Å²) >= 11 is 1.88. The molecule has 0 aliphatic rings. The van der Waals surface area contributed by atoms with Gasteiger partial charge in [-0.3, -0.25) is 0 Å². The molecule has 0 unspecified atom stereocenters. The zero-order valence-corrected chi connectivity index (χ0v) is 21.9. The highest BCUT2D eigenvalue weighted by Gasteiger charge is 2.05. The van der Waals surface area contributed by atoms with Crippen molar-refractivity contribution < 1.29 is 8.78 Å². The standard InChI is InChI=1S/C25H29F2N3.C4H10S/c26-23-9-6-19(7-10-23)12-14-30-18-22-8-11-24(27)16-21(22)4-2-13-29-17-20-3-1-5-25(28)15-20;1-4(2)5-3/h1,3,5-11,15-16,29-30H,2,4,12-14,17-18,28H2;4H,1-3H3. The second-order valence-electron chi connectivity index (χ2n) is 8.78. The highest BCUT2D eigenvalue weighted by atomic mass is 32.2. The molecule has 0 atom stereocenters. The molecule has 3 aromatic carbocycles. The number of aryl methyl sites for hydroxylation is 1. The number of nitrogens with one attached hydrogen (secondary N) is 2. The summed E-state index contributed by atoms with van der Waals surface area (Å²) in [7, 11) is 0. The second kappa shape index (κ2) is 16.3. The van der Waals surface area contributed by atoms with Gasteiger partial charge in [-0.05, 0) is 103 Å². The van der Waals surface area contributed by atoms with E-state index in [0.717, 1.165) is 72.1 Å². The number of anilines is 1. The lowest BCUT2D eigenvalue weighted by Crippen LogP contribution is -2.18. The van der Waals surface area contributed by atoms with Crippen LogP contribution in [0.5, 0.6) is 0 Å². The molecule has 4 N–H and O–H groups in total. The lowest BCUT2D eigenvalue weighted by Gasteiger charge is -2.12. The second-order valence-corrected chi connectivity index (χ2v) is 10.2. The monoisotopic (exact) mass is 499 g/mol. The Bertz CT molecular complexity index is 993. The van der Waals surface area contributed by atoms with Crippen LogP contribution in [0.2, 0.25) is 0 Å². The quantitative estimate of drug-likeness (QED) is 0.200. The number of halogens is 2. The first kappa shape index (κ1) is 28.8. The van der Waals surface area contributed by atoms with Crippen molar-refractivity contribution in [2.24, 2.45) is 0 Å². The van der Waals surface area contributed by atoms with E-state index in [1.54, 1.807) is 18.2 Å². The van der Waals surface area contributed by atoms with E-state index in [4.69, 9.17) is 5.73 Å². The van der Waals surface area contributed by atoms with Crippen LogP contribution in [0.15, 0.2) is 66.7 Å². The van der Waals surface area contributed by atoms with E-state index >= 15 is 0 Å². The van der Waals surface area contributed by atoms with Crippen LogP contribution < -0.4 is 16.4 Å². The molecule has 0 aromatic heterocycles. The maximum absolute atomic E-state index is 13.7. The van der Waals surface area contributed by atoms with Gasteiger partial charge in [-0.25, -0.2) is 8.78 Å². The van der Waals surface area contributed by atoms with Crippen LogP contribution in [0.3, 0.4) is 0 Å². The fourth-order valence-electron chi connectivity index (χ4n) is 3.45. The summed E-state index contributed by atoms with van der Waals surface area (Å²) in [6.45, 7) is 7.46. The van der Waals surface area contributed by atoms with Gasteiger partial charge in [-0.2, -0.15) is 11.8 Å². The molecule has 0 saturated heterocycles. The number of thioether (sulfide) groups is 1. The van der Waals surface area contributed by atoms with Crippen LogP contribution >= 0.6 is 11.8 Å². The highest BCUT2D eigenvalue weighted by Crippen LogP contribution is 2.14. The molecule has 6 heteroatoms. The van der Waals surface area contributed by atoms with Gasteiger partial charge in [-0.15, -0.1) is 0 Å². The van der Waals surface area contributed by atoms with Gasteiger partial charge in [-0.1, -0.05) is 44.2 Å². The van der Waals surface area contributed by atoms with Crippen molar-refractivity contribution in [1.29, 1.82) is 0 Å². The summed E-state index contributed by atoms with van der Waals surface area (Å²) < 4.78 is 26.7. The van der Waals surface area contributed by atoms with Crippen molar-refractivity contribution >= 4 is 17.4 Å². The Hall–Kier alpha value is -2.41. The Labute approximate surface area is 213 Å². The fraction of sp³-hybridized carbons (Fsp3) is 0.379. The van der Waals surface area contributed by atoms with Crippen molar-refractivity contribution in [3.05, 3.63) is 101 Å². The molecule has 0 amide bonds. The summed E-state index contributed by atoms with van der Waals surface area (Å²) in [5.41, 5.74) is 11.0. The predicted molar refractivity (Wildman–Crippen MR) is 148 cm³/mol. The van der Waals surface area contributed by atoms with Gasteiger partial charge in [0.15, 0.2) is 0 Å². The first-order valence-electron chi connectivity index (χ1n) is 12.2. The lowest BCUT2D eigenvalue weighted by atomic mass is 10.0. The van der Waals surface area contributed by atoms with E-state index in [1.165, 1.54) is 18.2 Å². The normalized spacial score (nSPS) is 10.8. The summed E-state index contributed by atoms with van der Waals surface area (Å²) in [5.74, 6) is -0.419.